The van der Waals surface area contributed by atoms with Gasteiger partial charge in [0.05, 0.1) is 10.6 Å². The van der Waals surface area contributed by atoms with Gasteiger partial charge in [-0.05, 0) is 41.6 Å². The molecule has 7 nitrogen and oxygen atoms in total. The van der Waals surface area contributed by atoms with Crippen molar-refractivity contribution in [3.05, 3.63) is 81.5 Å². The molecular formula is C20H18N4O3S. The number of aromatic nitrogens is 1. The minimum Gasteiger partial charge on any atom is -0.357 e. The number of thiophene rings is 1. The minimum absolute atomic E-state index is 0.0220. The van der Waals surface area contributed by atoms with Crippen molar-refractivity contribution in [1.82, 2.24) is 4.98 Å². The van der Waals surface area contributed by atoms with E-state index >= 15 is 0 Å². The molecule has 0 spiro atoms. The second-order valence-electron chi connectivity index (χ2n) is 6.51. The summed E-state index contributed by atoms with van der Waals surface area (Å²) < 4.78 is 0. The Hall–Kier alpha value is -3.26. The molecule has 4 rings (SSSR count). The highest BCUT2D eigenvalue weighted by Crippen LogP contribution is 2.39. The summed E-state index contributed by atoms with van der Waals surface area (Å²) in [4.78, 5) is 31.7. The van der Waals surface area contributed by atoms with Gasteiger partial charge in [-0.1, -0.05) is 6.07 Å². The number of fused-ring (bicyclic) bond motifs is 1. The van der Waals surface area contributed by atoms with E-state index in [1.54, 1.807) is 22.4 Å². The number of amides is 1. The van der Waals surface area contributed by atoms with Crippen molar-refractivity contribution in [3.63, 3.8) is 0 Å². The van der Waals surface area contributed by atoms with E-state index in [2.05, 4.69) is 9.88 Å². The molecule has 1 aliphatic rings. The van der Waals surface area contributed by atoms with Crippen molar-refractivity contribution >= 4 is 33.6 Å². The smallest absolute Gasteiger partial charge is 0.269 e. The molecule has 3 heterocycles. The monoisotopic (exact) mass is 394 g/mol. The third kappa shape index (κ3) is 3.59. The van der Waals surface area contributed by atoms with Crippen LogP contribution in [0.4, 0.5) is 16.4 Å². The van der Waals surface area contributed by atoms with Gasteiger partial charge in [0.2, 0.25) is 0 Å². The number of anilines is 2. The van der Waals surface area contributed by atoms with Crippen LogP contribution >= 0.6 is 11.3 Å². The first-order chi connectivity index (χ1) is 13.6. The average molecular weight is 394 g/mol. The average Bonchev–Trinajstić information content (AvgIpc) is 3.14. The highest BCUT2D eigenvalue weighted by molar-refractivity contribution is 7.15. The van der Waals surface area contributed by atoms with Crippen molar-refractivity contribution < 1.29 is 9.72 Å². The van der Waals surface area contributed by atoms with Gasteiger partial charge in [-0.15, -0.1) is 11.3 Å². The second kappa shape index (κ2) is 7.77. The summed E-state index contributed by atoms with van der Waals surface area (Å²) in [7, 11) is 0. The normalized spacial score (nSPS) is 13.7. The van der Waals surface area contributed by atoms with E-state index in [0.29, 0.717) is 12.1 Å². The van der Waals surface area contributed by atoms with Crippen LogP contribution in [0.15, 0.2) is 60.2 Å². The third-order valence-electron chi connectivity index (χ3n) is 4.68. The Morgan fingerprint density at radius 3 is 2.71 bits per heavy atom. The molecule has 0 atom stereocenters. The summed E-state index contributed by atoms with van der Waals surface area (Å²) in [5, 5.41) is 13.9. The molecule has 0 bridgehead atoms. The van der Waals surface area contributed by atoms with Gasteiger partial charge in [-0.2, -0.15) is 0 Å². The van der Waals surface area contributed by atoms with Crippen LogP contribution in [0, 0.1) is 10.1 Å². The molecule has 8 heteroatoms. The number of carbonyl (C=O) groups is 1. The number of hydrogen-bond acceptors (Lipinski definition) is 6. The van der Waals surface area contributed by atoms with Crippen LogP contribution in [0.1, 0.15) is 22.3 Å². The zero-order valence-electron chi connectivity index (χ0n) is 15.0. The molecular weight excluding hydrogens is 376 g/mol. The van der Waals surface area contributed by atoms with Gasteiger partial charge in [0, 0.05) is 49.7 Å². The predicted octanol–water partition coefficient (Wildman–Crippen LogP) is 4.11. The van der Waals surface area contributed by atoms with Crippen LogP contribution in [0.25, 0.3) is 0 Å². The summed E-state index contributed by atoms with van der Waals surface area (Å²) in [6.07, 6.45) is 4.45. The maximum absolute atomic E-state index is 13.1. The molecule has 0 saturated heterocycles. The van der Waals surface area contributed by atoms with Crippen LogP contribution in [0.5, 0.6) is 0 Å². The van der Waals surface area contributed by atoms with Crippen LogP contribution < -0.4 is 9.80 Å². The SMILES string of the molecule is O=C(c1ccc([N+](=O)[O-])cc1)N1CCCN(Cc2cccnc2)c2sccc21. The summed E-state index contributed by atoms with van der Waals surface area (Å²) in [6.45, 7) is 2.18. The van der Waals surface area contributed by atoms with E-state index in [9.17, 15) is 14.9 Å². The lowest BCUT2D eigenvalue weighted by Gasteiger charge is -2.23. The number of pyridine rings is 1. The standard InChI is InChI=1S/C20H18N4O3S/c25-19(16-4-6-17(7-5-16)24(26)27)23-11-2-10-22(20-18(23)8-12-28-20)14-15-3-1-9-21-13-15/h1,3-9,12-13H,2,10-11,14H2. The van der Waals surface area contributed by atoms with Crippen molar-refractivity contribution in [3.8, 4) is 0 Å². The van der Waals surface area contributed by atoms with E-state index in [4.69, 9.17) is 0 Å². The molecule has 0 saturated carbocycles. The van der Waals surface area contributed by atoms with Gasteiger partial charge in [0.1, 0.15) is 5.00 Å². The molecule has 0 aliphatic carbocycles. The molecule has 1 aliphatic heterocycles. The lowest BCUT2D eigenvalue weighted by molar-refractivity contribution is -0.384. The molecule has 1 amide bonds. The van der Waals surface area contributed by atoms with Gasteiger partial charge in [-0.25, -0.2) is 0 Å². The molecule has 3 aromatic rings. The van der Waals surface area contributed by atoms with Crippen molar-refractivity contribution in [1.29, 1.82) is 0 Å². The van der Waals surface area contributed by atoms with E-state index in [1.165, 1.54) is 24.3 Å². The first-order valence-electron chi connectivity index (χ1n) is 8.91. The molecule has 1 aromatic carbocycles. The maximum atomic E-state index is 13.1. The first kappa shape index (κ1) is 18.1. The van der Waals surface area contributed by atoms with Crippen LogP contribution in [0.2, 0.25) is 0 Å². The zero-order valence-corrected chi connectivity index (χ0v) is 15.8. The summed E-state index contributed by atoms with van der Waals surface area (Å²) in [6, 6.07) is 11.7. The predicted molar refractivity (Wildman–Crippen MR) is 109 cm³/mol. The molecule has 0 unspecified atom stereocenters. The van der Waals surface area contributed by atoms with Gasteiger partial charge in [0.25, 0.3) is 11.6 Å². The van der Waals surface area contributed by atoms with Crippen molar-refractivity contribution in [2.45, 2.75) is 13.0 Å². The fourth-order valence-electron chi connectivity index (χ4n) is 3.33. The number of carbonyl (C=O) groups excluding carboxylic acids is 1. The van der Waals surface area contributed by atoms with Gasteiger partial charge >= 0.3 is 0 Å². The summed E-state index contributed by atoms with van der Waals surface area (Å²) in [5.41, 5.74) is 2.43. The van der Waals surface area contributed by atoms with Crippen molar-refractivity contribution in [2.75, 3.05) is 22.9 Å². The largest absolute Gasteiger partial charge is 0.357 e. The fourth-order valence-corrected chi connectivity index (χ4v) is 4.26. The van der Waals surface area contributed by atoms with Crippen LogP contribution in [0.3, 0.4) is 0 Å². The Morgan fingerprint density at radius 1 is 1.18 bits per heavy atom. The van der Waals surface area contributed by atoms with Crippen LogP contribution in [-0.2, 0) is 6.54 Å². The number of non-ortho nitro benzene ring substituents is 1. The number of benzene rings is 1. The van der Waals surface area contributed by atoms with E-state index < -0.39 is 4.92 Å². The molecule has 0 fully saturated rings. The highest BCUT2D eigenvalue weighted by atomic mass is 32.1. The molecule has 2 aromatic heterocycles. The van der Waals surface area contributed by atoms with E-state index in [1.807, 2.05) is 29.8 Å². The Kier molecular flexibility index (Phi) is 5.03. The molecule has 142 valence electrons. The Bertz CT molecular complexity index is 988. The van der Waals surface area contributed by atoms with E-state index in [-0.39, 0.29) is 11.6 Å². The zero-order chi connectivity index (χ0) is 19.5. The second-order valence-corrected chi connectivity index (χ2v) is 7.40. The number of nitro benzene ring substituents is 1. The third-order valence-corrected chi connectivity index (χ3v) is 5.64. The minimum atomic E-state index is -0.465. The van der Waals surface area contributed by atoms with Gasteiger partial charge in [-0.3, -0.25) is 19.9 Å². The summed E-state index contributed by atoms with van der Waals surface area (Å²) in [5.74, 6) is -0.141. The Balaban J connectivity index is 1.60. The summed E-state index contributed by atoms with van der Waals surface area (Å²) >= 11 is 1.61. The fraction of sp³-hybridized carbons (Fsp3) is 0.200. The Morgan fingerprint density at radius 2 is 2.00 bits per heavy atom. The number of nitro groups is 1. The highest BCUT2D eigenvalue weighted by Gasteiger charge is 2.27. The van der Waals surface area contributed by atoms with Gasteiger partial charge in [0.15, 0.2) is 0 Å². The van der Waals surface area contributed by atoms with Crippen molar-refractivity contribution in [2.24, 2.45) is 0 Å². The van der Waals surface area contributed by atoms with Crippen LogP contribution in [-0.4, -0.2) is 28.9 Å². The molecule has 0 radical (unpaired) electrons. The molecule has 28 heavy (non-hydrogen) atoms. The molecule has 0 N–H and O–H groups in total. The number of rotatable bonds is 4. The quantitative estimate of drug-likeness (QED) is 0.491. The van der Waals surface area contributed by atoms with Gasteiger partial charge < -0.3 is 9.80 Å². The Labute approximate surface area is 166 Å². The number of hydrogen-bond donors (Lipinski definition) is 0. The topological polar surface area (TPSA) is 79.6 Å². The lowest BCUT2D eigenvalue weighted by Crippen LogP contribution is -2.31. The van der Waals surface area contributed by atoms with E-state index in [0.717, 1.165) is 35.8 Å². The maximum Gasteiger partial charge on any atom is 0.269 e. The first-order valence-corrected chi connectivity index (χ1v) is 9.79. The number of nitrogens with zero attached hydrogens (tertiary/aromatic N) is 4. The lowest BCUT2D eigenvalue weighted by atomic mass is 10.1.